The van der Waals surface area contributed by atoms with Crippen LogP contribution in [0.4, 0.5) is 0 Å². The number of pyridine rings is 2. The molecule has 234 valence electrons. The second-order valence-electron chi connectivity index (χ2n) is 12.6. The largest absolute Gasteiger partial charge is 0.248 e. The molecule has 0 radical (unpaired) electrons. The number of fused-ring (bicyclic) bond motifs is 3. The van der Waals surface area contributed by atoms with Crippen molar-refractivity contribution in [3.63, 3.8) is 0 Å². The summed E-state index contributed by atoms with van der Waals surface area (Å²) in [5.41, 5.74) is 14.1. The van der Waals surface area contributed by atoms with E-state index in [1.165, 1.54) is 33.0 Å². The first-order chi connectivity index (χ1) is 24.8. The first-order valence-corrected chi connectivity index (χ1v) is 17.0. The second-order valence-corrected chi connectivity index (χ2v) is 12.6. The van der Waals surface area contributed by atoms with Crippen molar-refractivity contribution in [2.45, 2.75) is 0 Å². The van der Waals surface area contributed by atoms with Gasteiger partial charge in [0.05, 0.1) is 22.6 Å². The second kappa shape index (κ2) is 12.8. The van der Waals surface area contributed by atoms with Crippen molar-refractivity contribution >= 4 is 21.7 Å². The Labute approximate surface area is 292 Å². The quantitative estimate of drug-likeness (QED) is 0.170. The average molecular weight is 637 g/mol. The minimum Gasteiger partial charge on any atom is -0.248 e. The Hall–Kier alpha value is -6.64. The van der Waals surface area contributed by atoms with Crippen molar-refractivity contribution in [3.8, 4) is 67.2 Å². The summed E-state index contributed by atoms with van der Waals surface area (Å²) in [6.45, 7) is 0. The van der Waals surface area contributed by atoms with Crippen molar-refractivity contribution in [3.05, 3.63) is 194 Å². The van der Waals surface area contributed by atoms with E-state index in [2.05, 4.69) is 182 Å². The Morgan fingerprint density at radius 3 is 1.46 bits per heavy atom. The summed E-state index contributed by atoms with van der Waals surface area (Å²) >= 11 is 0. The molecule has 0 spiro atoms. The van der Waals surface area contributed by atoms with Crippen LogP contribution >= 0.6 is 0 Å². The molecule has 7 aromatic carbocycles. The molecule has 0 atom stereocenters. The van der Waals surface area contributed by atoms with Gasteiger partial charge in [-0.1, -0.05) is 158 Å². The fourth-order valence-corrected chi connectivity index (χ4v) is 6.94. The molecule has 0 saturated carbocycles. The van der Waals surface area contributed by atoms with E-state index in [9.17, 15) is 0 Å². The van der Waals surface area contributed by atoms with E-state index in [4.69, 9.17) is 9.97 Å². The molecule has 2 heteroatoms. The topological polar surface area (TPSA) is 25.8 Å². The first-order valence-electron chi connectivity index (χ1n) is 17.0. The van der Waals surface area contributed by atoms with Crippen molar-refractivity contribution in [2.24, 2.45) is 0 Å². The highest BCUT2D eigenvalue weighted by molar-refractivity contribution is 6.14. The van der Waals surface area contributed by atoms with Crippen molar-refractivity contribution in [1.29, 1.82) is 0 Å². The lowest BCUT2D eigenvalue weighted by molar-refractivity contribution is 1.32. The number of benzene rings is 7. The maximum absolute atomic E-state index is 5.21. The van der Waals surface area contributed by atoms with Gasteiger partial charge in [0, 0.05) is 22.1 Å². The van der Waals surface area contributed by atoms with Gasteiger partial charge in [-0.15, -0.1) is 0 Å². The number of hydrogen-bond acceptors (Lipinski definition) is 2. The van der Waals surface area contributed by atoms with Crippen molar-refractivity contribution < 1.29 is 0 Å². The van der Waals surface area contributed by atoms with Crippen LogP contribution in [0.15, 0.2) is 194 Å². The highest BCUT2D eigenvalue weighted by Gasteiger charge is 2.15. The maximum Gasteiger partial charge on any atom is 0.0722 e. The SMILES string of the molecule is c1ccc(-c2cccc(-c3cc(-c4ccc5c(ccc6nc(-c7ccccc7)cc(-c7ccccc7)c65)c4)cc(-c4ccccc4)n3)c2)cc1. The molecule has 0 saturated heterocycles. The molecule has 0 aliphatic rings. The van der Waals surface area contributed by atoms with E-state index in [0.717, 1.165) is 55.8 Å². The highest BCUT2D eigenvalue weighted by atomic mass is 14.7. The Balaban J connectivity index is 1.21. The molecule has 0 unspecified atom stereocenters. The Morgan fingerprint density at radius 1 is 0.280 bits per heavy atom. The number of nitrogens with zero attached hydrogens (tertiary/aromatic N) is 2. The summed E-state index contributed by atoms with van der Waals surface area (Å²) in [5.74, 6) is 0. The van der Waals surface area contributed by atoms with E-state index in [1.54, 1.807) is 0 Å². The molecule has 0 bridgehead atoms. The monoisotopic (exact) mass is 636 g/mol. The summed E-state index contributed by atoms with van der Waals surface area (Å²) in [5, 5.41) is 3.52. The van der Waals surface area contributed by atoms with Gasteiger partial charge in [-0.25, -0.2) is 9.97 Å². The fourth-order valence-electron chi connectivity index (χ4n) is 6.94. The van der Waals surface area contributed by atoms with Crippen LogP contribution in [0.25, 0.3) is 88.8 Å². The standard InChI is InChI=1S/C48H32N2/c1-5-14-33(15-6-1)37-22-13-23-40(29-37)46-31-41(30-45(50-46)35-18-9-3-10-19-35)38-24-26-42-39(28-38)25-27-44-48(42)43(34-16-7-2-8-17-34)32-47(49-44)36-20-11-4-12-21-36/h1-32H. The van der Waals surface area contributed by atoms with Crippen LogP contribution in [0.2, 0.25) is 0 Å². The lowest BCUT2D eigenvalue weighted by atomic mass is 9.92. The molecule has 9 rings (SSSR count). The normalized spacial score (nSPS) is 11.2. The van der Waals surface area contributed by atoms with Crippen molar-refractivity contribution in [2.75, 3.05) is 0 Å². The van der Waals surface area contributed by atoms with Crippen LogP contribution in [0.3, 0.4) is 0 Å². The third-order valence-electron chi connectivity index (χ3n) is 9.44. The lowest BCUT2D eigenvalue weighted by Crippen LogP contribution is -1.93. The van der Waals surface area contributed by atoms with Crippen molar-refractivity contribution in [1.82, 2.24) is 9.97 Å². The van der Waals surface area contributed by atoms with Gasteiger partial charge >= 0.3 is 0 Å². The van der Waals surface area contributed by atoms with Gasteiger partial charge in [-0.3, -0.25) is 0 Å². The van der Waals surface area contributed by atoms with Crippen LogP contribution in [0.5, 0.6) is 0 Å². The minimum atomic E-state index is 0.946. The third kappa shape index (κ3) is 5.63. The zero-order valence-corrected chi connectivity index (χ0v) is 27.4. The smallest absolute Gasteiger partial charge is 0.0722 e. The Kier molecular flexibility index (Phi) is 7.53. The molecule has 0 aliphatic heterocycles. The fraction of sp³-hybridized carbons (Fsp3) is 0. The molecular formula is C48H32N2. The number of hydrogen-bond donors (Lipinski definition) is 0. The summed E-state index contributed by atoms with van der Waals surface area (Å²) in [4.78, 5) is 10.4. The predicted molar refractivity (Wildman–Crippen MR) is 210 cm³/mol. The molecular weight excluding hydrogens is 605 g/mol. The van der Waals surface area contributed by atoms with Gasteiger partial charge in [0.2, 0.25) is 0 Å². The Morgan fingerprint density at radius 2 is 0.800 bits per heavy atom. The maximum atomic E-state index is 5.21. The number of aromatic nitrogens is 2. The van der Waals surface area contributed by atoms with Gasteiger partial charge in [0.25, 0.3) is 0 Å². The van der Waals surface area contributed by atoms with E-state index >= 15 is 0 Å². The van der Waals surface area contributed by atoms with Crippen LogP contribution in [-0.4, -0.2) is 9.97 Å². The summed E-state index contributed by atoms with van der Waals surface area (Å²) in [7, 11) is 0. The molecule has 0 fully saturated rings. The van der Waals surface area contributed by atoms with Gasteiger partial charge < -0.3 is 0 Å². The minimum absolute atomic E-state index is 0.946. The molecule has 9 aromatic rings. The molecule has 50 heavy (non-hydrogen) atoms. The van der Waals surface area contributed by atoms with Crippen LogP contribution in [0.1, 0.15) is 0 Å². The molecule has 0 N–H and O–H groups in total. The zero-order valence-electron chi connectivity index (χ0n) is 27.4. The van der Waals surface area contributed by atoms with Gasteiger partial charge in [0.15, 0.2) is 0 Å². The van der Waals surface area contributed by atoms with E-state index in [-0.39, 0.29) is 0 Å². The molecule has 2 aromatic heterocycles. The zero-order chi connectivity index (χ0) is 33.3. The average Bonchev–Trinajstić information content (AvgIpc) is 3.21. The highest BCUT2D eigenvalue weighted by Crippen LogP contribution is 2.39. The summed E-state index contributed by atoms with van der Waals surface area (Å²) in [6, 6.07) is 68.6. The van der Waals surface area contributed by atoms with E-state index in [1.807, 2.05) is 12.1 Å². The molecule has 2 heterocycles. The predicted octanol–water partition coefficient (Wildman–Crippen LogP) is 12.8. The van der Waals surface area contributed by atoms with Gasteiger partial charge in [0.1, 0.15) is 0 Å². The lowest BCUT2D eigenvalue weighted by Gasteiger charge is -2.15. The number of rotatable bonds is 6. The van der Waals surface area contributed by atoms with E-state index < -0.39 is 0 Å². The molecule has 0 amide bonds. The summed E-state index contributed by atoms with van der Waals surface area (Å²) < 4.78 is 0. The molecule has 2 nitrogen and oxygen atoms in total. The Bertz CT molecular complexity index is 2610. The van der Waals surface area contributed by atoms with Gasteiger partial charge in [-0.2, -0.15) is 0 Å². The third-order valence-corrected chi connectivity index (χ3v) is 9.44. The first kappa shape index (κ1) is 29.5. The van der Waals surface area contributed by atoms with Crippen LogP contribution in [0, 0.1) is 0 Å². The van der Waals surface area contributed by atoms with Gasteiger partial charge in [-0.05, 0) is 80.6 Å². The van der Waals surface area contributed by atoms with Crippen LogP contribution in [-0.2, 0) is 0 Å². The molecule has 0 aliphatic carbocycles. The van der Waals surface area contributed by atoms with Crippen LogP contribution < -0.4 is 0 Å². The summed E-state index contributed by atoms with van der Waals surface area (Å²) in [6.07, 6.45) is 0. The van der Waals surface area contributed by atoms with E-state index in [0.29, 0.717) is 0 Å².